The number of benzene rings is 2. The first-order chi connectivity index (χ1) is 12.7. The van der Waals surface area contributed by atoms with E-state index < -0.39 is 0 Å². The van der Waals surface area contributed by atoms with Crippen molar-refractivity contribution in [3.05, 3.63) is 65.5 Å². The quantitative estimate of drug-likeness (QED) is 0.918. The number of para-hydroxylation sites is 1. The van der Waals surface area contributed by atoms with Gasteiger partial charge in [-0.3, -0.25) is 9.69 Å². The summed E-state index contributed by atoms with van der Waals surface area (Å²) in [7, 11) is 0. The molecule has 0 radical (unpaired) electrons. The number of aliphatic hydroxyl groups excluding tert-OH is 1. The minimum Gasteiger partial charge on any atom is -0.395 e. The first-order valence-electron chi connectivity index (χ1n) is 9.15. The highest BCUT2D eigenvalue weighted by Crippen LogP contribution is 2.48. The summed E-state index contributed by atoms with van der Waals surface area (Å²) < 4.78 is 14.1. The molecule has 1 amide bonds. The molecule has 26 heavy (non-hydrogen) atoms. The maximum absolute atomic E-state index is 14.1. The average Bonchev–Trinajstić information content (AvgIpc) is 2.66. The van der Waals surface area contributed by atoms with Gasteiger partial charge in [0.2, 0.25) is 5.91 Å². The van der Waals surface area contributed by atoms with Crippen LogP contribution in [0.4, 0.5) is 10.1 Å². The molecule has 5 heteroatoms. The monoisotopic (exact) mass is 354 g/mol. The largest absolute Gasteiger partial charge is 0.395 e. The van der Waals surface area contributed by atoms with E-state index >= 15 is 0 Å². The van der Waals surface area contributed by atoms with E-state index in [9.17, 15) is 14.3 Å². The van der Waals surface area contributed by atoms with Crippen molar-refractivity contribution in [3.8, 4) is 0 Å². The molecule has 0 aliphatic carbocycles. The fourth-order valence-corrected chi connectivity index (χ4v) is 4.45. The van der Waals surface area contributed by atoms with Crippen LogP contribution in [0.2, 0.25) is 0 Å². The van der Waals surface area contributed by atoms with Gasteiger partial charge in [0.15, 0.2) is 0 Å². The highest BCUT2D eigenvalue weighted by molar-refractivity contribution is 5.95. The lowest BCUT2D eigenvalue weighted by Crippen LogP contribution is -2.68. The second-order valence-corrected chi connectivity index (χ2v) is 7.02. The number of halogens is 1. The molecule has 4 rings (SSSR count). The topological polar surface area (TPSA) is 43.8 Å². The predicted molar refractivity (Wildman–Crippen MR) is 98.4 cm³/mol. The van der Waals surface area contributed by atoms with Gasteiger partial charge in [-0.1, -0.05) is 43.3 Å². The summed E-state index contributed by atoms with van der Waals surface area (Å²) >= 11 is 0. The van der Waals surface area contributed by atoms with Gasteiger partial charge in [-0.2, -0.15) is 0 Å². The Labute approximate surface area is 152 Å². The van der Waals surface area contributed by atoms with Gasteiger partial charge in [-0.25, -0.2) is 4.39 Å². The van der Waals surface area contributed by atoms with Crippen LogP contribution in [0, 0.1) is 5.82 Å². The second-order valence-electron chi connectivity index (χ2n) is 7.02. The van der Waals surface area contributed by atoms with Crippen LogP contribution < -0.4 is 4.90 Å². The van der Waals surface area contributed by atoms with Crippen molar-refractivity contribution in [1.82, 2.24) is 4.90 Å². The molecular formula is C21H23FN2O2. The molecule has 0 bridgehead atoms. The molecule has 4 nitrogen and oxygen atoms in total. The predicted octanol–water partition coefficient (Wildman–Crippen LogP) is 2.91. The fourth-order valence-electron chi connectivity index (χ4n) is 4.45. The summed E-state index contributed by atoms with van der Waals surface area (Å²) in [4.78, 5) is 16.5. The number of aliphatic hydroxyl groups is 1. The zero-order chi connectivity index (χ0) is 18.3. The lowest BCUT2D eigenvalue weighted by Gasteiger charge is -2.59. The van der Waals surface area contributed by atoms with Crippen LogP contribution in [0.15, 0.2) is 48.5 Å². The molecule has 0 spiro atoms. The van der Waals surface area contributed by atoms with Gasteiger partial charge in [-0.05, 0) is 17.7 Å². The highest BCUT2D eigenvalue weighted by atomic mass is 19.1. The minimum absolute atomic E-state index is 0.0195. The first-order valence-corrected chi connectivity index (χ1v) is 9.15. The Morgan fingerprint density at radius 2 is 1.92 bits per heavy atom. The molecule has 2 heterocycles. The van der Waals surface area contributed by atoms with Crippen LogP contribution in [0.3, 0.4) is 0 Å². The van der Waals surface area contributed by atoms with E-state index in [0.29, 0.717) is 25.1 Å². The van der Waals surface area contributed by atoms with Crippen molar-refractivity contribution < 1.29 is 14.3 Å². The van der Waals surface area contributed by atoms with E-state index in [4.69, 9.17) is 0 Å². The van der Waals surface area contributed by atoms with Gasteiger partial charge >= 0.3 is 0 Å². The molecule has 136 valence electrons. The summed E-state index contributed by atoms with van der Waals surface area (Å²) in [6.45, 7) is 2.91. The van der Waals surface area contributed by atoms with Crippen molar-refractivity contribution in [2.45, 2.75) is 37.9 Å². The molecule has 3 atom stereocenters. The molecule has 1 saturated heterocycles. The lowest BCUT2D eigenvalue weighted by molar-refractivity contribution is -0.119. The number of likely N-dealkylation sites (tertiary alicyclic amines) is 1. The molecule has 0 saturated carbocycles. The van der Waals surface area contributed by atoms with Crippen molar-refractivity contribution in [2.75, 3.05) is 18.1 Å². The highest BCUT2D eigenvalue weighted by Gasteiger charge is 2.52. The number of hydrogen-bond acceptors (Lipinski definition) is 3. The van der Waals surface area contributed by atoms with Crippen LogP contribution in [-0.4, -0.2) is 41.1 Å². The Kier molecular flexibility index (Phi) is 4.51. The molecule has 1 fully saturated rings. The number of fused-ring (bicyclic) bond motifs is 3. The number of carbonyl (C=O) groups excluding carboxylic acids is 1. The van der Waals surface area contributed by atoms with Gasteiger partial charge in [-0.15, -0.1) is 0 Å². The maximum atomic E-state index is 14.1. The van der Waals surface area contributed by atoms with Crippen LogP contribution in [-0.2, 0) is 11.3 Å². The number of amides is 1. The Hall–Kier alpha value is -2.24. The van der Waals surface area contributed by atoms with E-state index in [2.05, 4.69) is 4.90 Å². The van der Waals surface area contributed by atoms with Crippen molar-refractivity contribution in [1.29, 1.82) is 0 Å². The summed E-state index contributed by atoms with van der Waals surface area (Å²) in [6.07, 6.45) is 0.447. The van der Waals surface area contributed by atoms with E-state index in [1.54, 1.807) is 12.1 Å². The Morgan fingerprint density at radius 1 is 1.19 bits per heavy atom. The van der Waals surface area contributed by atoms with Crippen LogP contribution in [0.5, 0.6) is 0 Å². The first kappa shape index (κ1) is 17.2. The number of rotatable bonds is 4. The number of anilines is 1. The summed E-state index contributed by atoms with van der Waals surface area (Å²) in [5, 5.41) is 9.97. The fraction of sp³-hybridized carbons (Fsp3) is 0.381. The van der Waals surface area contributed by atoms with Gasteiger partial charge in [0, 0.05) is 48.8 Å². The van der Waals surface area contributed by atoms with Crippen molar-refractivity contribution in [2.24, 2.45) is 0 Å². The Balaban J connectivity index is 1.68. The SMILES string of the molecule is CCC(=O)N1C[C@@H]2[C@H](c3ccccc31)[C@@H](CO)N2Cc1ccccc1F. The van der Waals surface area contributed by atoms with E-state index in [1.165, 1.54) is 6.07 Å². The third kappa shape index (κ3) is 2.63. The normalized spacial score (nSPS) is 24.6. The molecule has 0 unspecified atom stereocenters. The molecule has 1 N–H and O–H groups in total. The zero-order valence-corrected chi connectivity index (χ0v) is 14.8. The van der Waals surface area contributed by atoms with Crippen molar-refractivity contribution >= 4 is 11.6 Å². The van der Waals surface area contributed by atoms with Gasteiger partial charge in [0.1, 0.15) is 5.82 Å². The van der Waals surface area contributed by atoms with Crippen LogP contribution >= 0.6 is 0 Å². The van der Waals surface area contributed by atoms with Crippen molar-refractivity contribution in [3.63, 3.8) is 0 Å². The summed E-state index contributed by atoms with van der Waals surface area (Å²) in [6, 6.07) is 14.7. The van der Waals surface area contributed by atoms with Crippen LogP contribution in [0.1, 0.15) is 30.4 Å². The Bertz CT molecular complexity index is 825. The van der Waals surface area contributed by atoms with Crippen LogP contribution in [0.25, 0.3) is 0 Å². The van der Waals surface area contributed by atoms with Gasteiger partial charge in [0.25, 0.3) is 0 Å². The smallest absolute Gasteiger partial charge is 0.226 e. The summed E-state index contributed by atoms with van der Waals surface area (Å²) in [5.74, 6) is 0.0309. The molecular weight excluding hydrogens is 331 g/mol. The minimum atomic E-state index is -0.231. The third-order valence-electron chi connectivity index (χ3n) is 5.74. The van der Waals surface area contributed by atoms with E-state index in [-0.39, 0.29) is 36.3 Å². The molecule has 2 aliphatic rings. The lowest BCUT2D eigenvalue weighted by atomic mass is 9.71. The molecule has 2 aromatic rings. The average molecular weight is 354 g/mol. The van der Waals surface area contributed by atoms with Gasteiger partial charge in [0.05, 0.1) is 6.61 Å². The summed E-state index contributed by atoms with van der Waals surface area (Å²) in [5.41, 5.74) is 2.68. The molecule has 2 aromatic carbocycles. The zero-order valence-electron chi connectivity index (χ0n) is 14.8. The molecule has 0 aromatic heterocycles. The third-order valence-corrected chi connectivity index (χ3v) is 5.74. The number of hydrogen-bond donors (Lipinski definition) is 1. The van der Waals surface area contributed by atoms with E-state index in [1.807, 2.05) is 42.2 Å². The molecule has 2 aliphatic heterocycles. The second kappa shape index (κ2) is 6.82. The Morgan fingerprint density at radius 3 is 2.65 bits per heavy atom. The number of nitrogens with zero attached hydrogens (tertiary/aromatic N) is 2. The maximum Gasteiger partial charge on any atom is 0.226 e. The standard InChI is InChI=1S/C21H23FN2O2/c1-2-20(26)24-12-18-21(15-8-4-6-10-17(15)24)19(13-25)23(18)11-14-7-3-5-9-16(14)22/h3-10,18-19,21,25H,2,11-13H2,1H3/t18-,19-,21+/m1/s1. The van der Waals surface area contributed by atoms with E-state index in [0.717, 1.165) is 11.3 Å². The van der Waals surface area contributed by atoms with Gasteiger partial charge < -0.3 is 10.0 Å². The number of carbonyl (C=O) groups is 1.